The SMILES string of the molecule is CCOc1cccc(CN2C(=O)C(O)=C(C(=O)C(C)(C)C)C2c2ccco2)c1. The molecule has 1 aromatic carbocycles. The quantitative estimate of drug-likeness (QED) is 0.809. The van der Waals surface area contributed by atoms with Crippen molar-refractivity contribution < 1.29 is 23.8 Å². The van der Waals surface area contributed by atoms with Crippen LogP contribution < -0.4 is 4.74 Å². The van der Waals surface area contributed by atoms with Gasteiger partial charge in [-0.15, -0.1) is 0 Å². The summed E-state index contributed by atoms with van der Waals surface area (Å²) in [6.45, 7) is 7.91. The number of rotatable bonds is 6. The van der Waals surface area contributed by atoms with Gasteiger partial charge < -0.3 is 19.2 Å². The Morgan fingerprint density at radius 1 is 1.25 bits per heavy atom. The summed E-state index contributed by atoms with van der Waals surface area (Å²) in [7, 11) is 0. The predicted molar refractivity (Wildman–Crippen MR) is 104 cm³/mol. The number of benzene rings is 1. The summed E-state index contributed by atoms with van der Waals surface area (Å²) < 4.78 is 11.0. The molecule has 148 valence electrons. The zero-order valence-electron chi connectivity index (χ0n) is 16.6. The number of carbonyl (C=O) groups is 2. The van der Waals surface area contributed by atoms with Gasteiger partial charge in [0.1, 0.15) is 17.6 Å². The summed E-state index contributed by atoms with van der Waals surface area (Å²) in [6, 6.07) is 10.0. The van der Waals surface area contributed by atoms with Crippen molar-refractivity contribution in [2.45, 2.75) is 40.3 Å². The number of hydrogen-bond donors (Lipinski definition) is 1. The molecule has 0 saturated heterocycles. The highest BCUT2D eigenvalue weighted by atomic mass is 16.5. The van der Waals surface area contributed by atoms with E-state index in [1.54, 1.807) is 32.9 Å². The number of nitrogens with zero attached hydrogens (tertiary/aromatic N) is 1. The highest BCUT2D eigenvalue weighted by molar-refractivity contribution is 6.10. The number of ether oxygens (including phenoxy) is 1. The molecule has 1 amide bonds. The van der Waals surface area contributed by atoms with Crippen molar-refractivity contribution >= 4 is 11.7 Å². The Balaban J connectivity index is 2.00. The first-order chi connectivity index (χ1) is 13.2. The lowest BCUT2D eigenvalue weighted by molar-refractivity contribution is -0.130. The van der Waals surface area contributed by atoms with Crippen LogP contribution in [0.2, 0.25) is 0 Å². The van der Waals surface area contributed by atoms with E-state index in [4.69, 9.17) is 9.15 Å². The van der Waals surface area contributed by atoms with Crippen molar-refractivity contribution in [1.29, 1.82) is 0 Å². The van der Waals surface area contributed by atoms with Crippen molar-refractivity contribution in [1.82, 2.24) is 4.90 Å². The third-order valence-electron chi connectivity index (χ3n) is 4.60. The standard InChI is InChI=1S/C22H25NO5/c1-5-27-15-9-6-8-14(12-15)13-23-18(16-10-7-11-28-16)17(19(24)21(23)26)20(25)22(2,3)4/h6-12,18,24H,5,13H2,1-4H3. The molecule has 2 heterocycles. The second kappa shape index (κ2) is 7.54. The average molecular weight is 383 g/mol. The topological polar surface area (TPSA) is 80.0 Å². The molecule has 6 nitrogen and oxygen atoms in total. The van der Waals surface area contributed by atoms with E-state index in [0.29, 0.717) is 18.1 Å². The minimum atomic E-state index is -0.773. The number of furan rings is 1. The van der Waals surface area contributed by atoms with Crippen LogP contribution in [0.5, 0.6) is 5.75 Å². The van der Waals surface area contributed by atoms with Crippen LogP contribution in [0.15, 0.2) is 58.4 Å². The Hall–Kier alpha value is -3.02. The average Bonchev–Trinajstić information content (AvgIpc) is 3.24. The summed E-state index contributed by atoms with van der Waals surface area (Å²) in [5, 5.41) is 10.5. The number of hydrogen-bond acceptors (Lipinski definition) is 5. The van der Waals surface area contributed by atoms with Crippen LogP contribution in [0, 0.1) is 5.41 Å². The third kappa shape index (κ3) is 3.67. The smallest absolute Gasteiger partial charge is 0.290 e. The molecule has 2 aromatic rings. The van der Waals surface area contributed by atoms with Crippen LogP contribution in [-0.4, -0.2) is 28.3 Å². The molecule has 0 bridgehead atoms. The molecular formula is C22H25NO5. The normalized spacial score (nSPS) is 17.4. The van der Waals surface area contributed by atoms with Gasteiger partial charge in [0.15, 0.2) is 11.5 Å². The van der Waals surface area contributed by atoms with Crippen molar-refractivity contribution in [3.63, 3.8) is 0 Å². The van der Waals surface area contributed by atoms with Crippen LogP contribution in [-0.2, 0) is 16.1 Å². The van der Waals surface area contributed by atoms with Gasteiger partial charge >= 0.3 is 0 Å². The number of aliphatic hydroxyl groups is 1. The van der Waals surface area contributed by atoms with E-state index in [1.165, 1.54) is 11.2 Å². The maximum atomic E-state index is 13.0. The van der Waals surface area contributed by atoms with E-state index in [0.717, 1.165) is 5.56 Å². The maximum absolute atomic E-state index is 13.0. The van der Waals surface area contributed by atoms with Gasteiger partial charge in [0.2, 0.25) is 0 Å². The molecule has 6 heteroatoms. The van der Waals surface area contributed by atoms with Gasteiger partial charge in [-0.25, -0.2) is 0 Å². The van der Waals surface area contributed by atoms with Gasteiger partial charge in [-0.2, -0.15) is 0 Å². The molecule has 0 aliphatic carbocycles. The number of ketones is 1. The zero-order valence-corrected chi connectivity index (χ0v) is 16.6. The molecule has 1 unspecified atom stereocenters. The Labute approximate surface area is 164 Å². The highest BCUT2D eigenvalue weighted by Gasteiger charge is 2.47. The van der Waals surface area contributed by atoms with E-state index < -0.39 is 23.1 Å². The number of carbonyl (C=O) groups excluding carboxylic acids is 2. The summed E-state index contributed by atoms with van der Waals surface area (Å²) in [4.78, 5) is 27.3. The van der Waals surface area contributed by atoms with Crippen molar-refractivity contribution in [3.8, 4) is 5.75 Å². The van der Waals surface area contributed by atoms with Gasteiger partial charge in [0.25, 0.3) is 5.91 Å². The van der Waals surface area contributed by atoms with Gasteiger partial charge in [0, 0.05) is 12.0 Å². The Bertz CT molecular complexity index is 905. The van der Waals surface area contributed by atoms with Gasteiger partial charge in [-0.05, 0) is 36.8 Å². The van der Waals surface area contributed by atoms with Gasteiger partial charge in [-0.1, -0.05) is 32.9 Å². The predicted octanol–water partition coefficient (Wildman–Crippen LogP) is 4.19. The van der Waals surface area contributed by atoms with Crippen molar-refractivity contribution in [2.75, 3.05) is 6.61 Å². The van der Waals surface area contributed by atoms with Crippen LogP contribution in [0.3, 0.4) is 0 Å². The van der Waals surface area contributed by atoms with E-state index in [1.807, 2.05) is 31.2 Å². The van der Waals surface area contributed by atoms with Crippen LogP contribution >= 0.6 is 0 Å². The molecule has 1 atom stereocenters. The lowest BCUT2D eigenvalue weighted by Gasteiger charge is -2.27. The van der Waals surface area contributed by atoms with Crippen molar-refractivity contribution in [2.24, 2.45) is 5.41 Å². The number of Topliss-reactive ketones (excluding diaryl/α,β-unsaturated/α-hetero) is 1. The number of amides is 1. The molecule has 1 aliphatic rings. The maximum Gasteiger partial charge on any atom is 0.290 e. The molecule has 1 aliphatic heterocycles. The monoisotopic (exact) mass is 383 g/mol. The molecule has 3 rings (SSSR count). The van der Waals surface area contributed by atoms with E-state index in [9.17, 15) is 14.7 Å². The van der Waals surface area contributed by atoms with E-state index in [-0.39, 0.29) is 17.9 Å². The molecular weight excluding hydrogens is 358 g/mol. The van der Waals surface area contributed by atoms with E-state index >= 15 is 0 Å². The second-order valence-electron chi connectivity index (χ2n) is 7.77. The molecule has 28 heavy (non-hydrogen) atoms. The lowest BCUT2D eigenvalue weighted by atomic mass is 9.83. The summed E-state index contributed by atoms with van der Waals surface area (Å²) in [5.74, 6) is -0.251. The molecule has 0 fully saturated rings. The first-order valence-electron chi connectivity index (χ1n) is 9.28. The fourth-order valence-electron chi connectivity index (χ4n) is 3.29. The molecule has 0 saturated carbocycles. The fourth-order valence-corrected chi connectivity index (χ4v) is 3.29. The highest BCUT2D eigenvalue weighted by Crippen LogP contribution is 2.41. The lowest BCUT2D eigenvalue weighted by Crippen LogP contribution is -2.32. The second-order valence-corrected chi connectivity index (χ2v) is 7.77. The van der Waals surface area contributed by atoms with Gasteiger partial charge in [-0.3, -0.25) is 9.59 Å². The molecule has 1 N–H and O–H groups in total. The fraction of sp³-hybridized carbons (Fsp3) is 0.364. The van der Waals surface area contributed by atoms with Crippen LogP contribution in [0.25, 0.3) is 0 Å². The van der Waals surface area contributed by atoms with E-state index in [2.05, 4.69) is 0 Å². The molecule has 1 aromatic heterocycles. The Morgan fingerprint density at radius 2 is 2.00 bits per heavy atom. The summed E-state index contributed by atoms with van der Waals surface area (Å²) in [5.41, 5.74) is 0.154. The Morgan fingerprint density at radius 3 is 2.61 bits per heavy atom. The molecule has 0 spiro atoms. The molecule has 0 radical (unpaired) electrons. The van der Waals surface area contributed by atoms with Gasteiger partial charge in [0.05, 0.1) is 18.4 Å². The Kier molecular flexibility index (Phi) is 5.31. The van der Waals surface area contributed by atoms with Crippen LogP contribution in [0.4, 0.5) is 0 Å². The minimum Gasteiger partial charge on any atom is -0.503 e. The number of aliphatic hydroxyl groups excluding tert-OH is 1. The van der Waals surface area contributed by atoms with Crippen LogP contribution in [0.1, 0.15) is 45.1 Å². The largest absolute Gasteiger partial charge is 0.503 e. The first-order valence-corrected chi connectivity index (χ1v) is 9.28. The zero-order chi connectivity index (χ0) is 20.5. The minimum absolute atomic E-state index is 0.0772. The van der Waals surface area contributed by atoms with Crippen molar-refractivity contribution in [3.05, 3.63) is 65.3 Å². The first kappa shape index (κ1) is 19.7. The third-order valence-corrected chi connectivity index (χ3v) is 4.60. The summed E-state index contributed by atoms with van der Waals surface area (Å²) >= 11 is 0. The summed E-state index contributed by atoms with van der Waals surface area (Å²) in [6.07, 6.45) is 1.49.